The number of nitrogens with zero attached hydrogens (tertiary/aromatic N) is 1. The lowest BCUT2D eigenvalue weighted by Gasteiger charge is -2.46. The van der Waals surface area contributed by atoms with Gasteiger partial charge in [0.1, 0.15) is 5.82 Å². The Morgan fingerprint density at radius 2 is 2.03 bits per heavy atom. The first-order valence-electron chi connectivity index (χ1n) is 9.04. The summed E-state index contributed by atoms with van der Waals surface area (Å²) >= 11 is 6.18. The third kappa shape index (κ3) is 4.84. The maximum absolute atomic E-state index is 13.5. The van der Waals surface area contributed by atoms with Gasteiger partial charge in [-0.3, -0.25) is 4.79 Å². The fourth-order valence-corrected chi connectivity index (χ4v) is 4.16. The summed E-state index contributed by atoms with van der Waals surface area (Å²) in [7, 11) is 0. The highest BCUT2D eigenvalue weighted by Crippen LogP contribution is 2.50. The summed E-state index contributed by atoms with van der Waals surface area (Å²) < 4.78 is 50.8. The molecule has 1 aromatic rings. The third-order valence-corrected chi connectivity index (χ3v) is 5.79. The summed E-state index contributed by atoms with van der Waals surface area (Å²) in [4.78, 5) is 12.3. The molecule has 29 heavy (non-hydrogen) atoms. The van der Waals surface area contributed by atoms with Gasteiger partial charge in [0.25, 0.3) is 0 Å². The highest BCUT2D eigenvalue weighted by molar-refractivity contribution is 6.31. The van der Waals surface area contributed by atoms with Crippen LogP contribution in [0.25, 0.3) is 0 Å². The van der Waals surface area contributed by atoms with Gasteiger partial charge in [0.05, 0.1) is 17.1 Å². The predicted molar refractivity (Wildman–Crippen MR) is 99.7 cm³/mol. The van der Waals surface area contributed by atoms with Gasteiger partial charge in [-0.1, -0.05) is 24.1 Å². The van der Waals surface area contributed by atoms with Crippen molar-refractivity contribution in [1.82, 2.24) is 5.32 Å². The number of carbonyl (C=O) groups is 1. The molecule has 0 radical (unpaired) electrons. The quantitative estimate of drug-likeness (QED) is 0.457. The first kappa shape index (κ1) is 23.0. The second-order valence-electron chi connectivity index (χ2n) is 7.40. The van der Waals surface area contributed by atoms with Gasteiger partial charge in [0, 0.05) is 29.1 Å². The number of rotatable bonds is 6. The number of allylic oxidation sites excluding steroid dienone is 2. The van der Waals surface area contributed by atoms with E-state index in [0.29, 0.717) is 5.70 Å². The van der Waals surface area contributed by atoms with Crippen molar-refractivity contribution in [2.45, 2.75) is 57.7 Å². The molecule has 0 spiro atoms. The van der Waals surface area contributed by atoms with E-state index in [2.05, 4.69) is 5.32 Å². The summed E-state index contributed by atoms with van der Waals surface area (Å²) in [5, 5.41) is 22.7. The van der Waals surface area contributed by atoms with Gasteiger partial charge in [-0.15, -0.1) is 0 Å². The number of nitrogens with one attached hydrogen (secondary N) is 1. The predicted octanol–water partition coefficient (Wildman–Crippen LogP) is 5.55. The van der Waals surface area contributed by atoms with Crippen LogP contribution in [0, 0.1) is 22.6 Å². The normalized spacial score (nSPS) is 24.8. The monoisotopic (exact) mass is 432 g/mol. The van der Waals surface area contributed by atoms with E-state index < -0.39 is 41.8 Å². The van der Waals surface area contributed by atoms with Crippen molar-refractivity contribution >= 4 is 17.6 Å². The molecule has 0 saturated carbocycles. The Bertz CT molecular complexity index is 863. The molecule has 1 heterocycles. The zero-order chi connectivity index (χ0) is 22.0. The van der Waals surface area contributed by atoms with Crippen molar-refractivity contribution in [1.29, 1.82) is 5.26 Å². The minimum absolute atomic E-state index is 0.0132. The molecule has 3 unspecified atom stereocenters. The number of unbranched alkanes of at least 4 members (excludes halogenated alkanes) is 1. The van der Waals surface area contributed by atoms with E-state index >= 15 is 0 Å². The maximum atomic E-state index is 13.5. The molecule has 1 aliphatic heterocycles. The molecule has 4 nitrogen and oxygen atoms in total. The molecule has 3 atom stereocenters. The molecule has 9 heteroatoms. The van der Waals surface area contributed by atoms with Crippen molar-refractivity contribution in [3.05, 3.63) is 45.9 Å². The number of carboxylic acids is 1. The maximum Gasteiger partial charge on any atom is 0.389 e. The Morgan fingerprint density at radius 1 is 1.38 bits per heavy atom. The number of carboxylic acid groups (broad SMARTS) is 1. The molecular weight excluding hydrogens is 412 g/mol. The van der Waals surface area contributed by atoms with Crippen LogP contribution < -0.4 is 5.32 Å². The highest BCUT2D eigenvalue weighted by atomic mass is 35.5. The second kappa shape index (κ2) is 8.62. The number of hydrogen-bond acceptors (Lipinski definition) is 3. The Kier molecular flexibility index (Phi) is 6.84. The molecule has 0 aromatic heterocycles. The van der Waals surface area contributed by atoms with Crippen molar-refractivity contribution in [2.24, 2.45) is 5.41 Å². The van der Waals surface area contributed by atoms with E-state index in [4.69, 9.17) is 11.6 Å². The van der Waals surface area contributed by atoms with Crippen LogP contribution in [0.5, 0.6) is 0 Å². The molecular formula is C20H21ClF4N2O2. The van der Waals surface area contributed by atoms with Gasteiger partial charge < -0.3 is 10.4 Å². The van der Waals surface area contributed by atoms with Crippen molar-refractivity contribution in [3.63, 3.8) is 0 Å². The zero-order valence-corrected chi connectivity index (χ0v) is 16.7. The van der Waals surface area contributed by atoms with Crippen LogP contribution in [0.3, 0.4) is 0 Å². The molecule has 0 aliphatic carbocycles. The van der Waals surface area contributed by atoms with Crippen LogP contribution in [0.2, 0.25) is 5.02 Å². The molecule has 2 N–H and O–H groups in total. The molecule has 2 rings (SSSR count). The fourth-order valence-electron chi connectivity index (χ4n) is 3.89. The summed E-state index contributed by atoms with van der Waals surface area (Å²) in [5.41, 5.74) is -0.715. The summed E-state index contributed by atoms with van der Waals surface area (Å²) in [5.74, 6) is -2.81. The summed E-state index contributed by atoms with van der Waals surface area (Å²) in [6, 6.07) is 4.80. The Labute approximate surface area is 171 Å². The molecule has 0 saturated heterocycles. The third-order valence-electron chi connectivity index (χ3n) is 5.46. The lowest BCUT2D eigenvalue weighted by Crippen LogP contribution is -2.55. The lowest BCUT2D eigenvalue weighted by atomic mass is 9.62. The first-order chi connectivity index (χ1) is 13.4. The number of benzene rings is 1. The van der Waals surface area contributed by atoms with E-state index in [0.717, 1.165) is 12.1 Å². The van der Waals surface area contributed by atoms with Crippen LogP contribution in [0.15, 0.2) is 29.5 Å². The van der Waals surface area contributed by atoms with Gasteiger partial charge in [0.2, 0.25) is 0 Å². The Morgan fingerprint density at radius 3 is 2.55 bits per heavy atom. The van der Waals surface area contributed by atoms with Crippen molar-refractivity contribution in [3.8, 4) is 6.07 Å². The molecule has 1 aromatic carbocycles. The van der Waals surface area contributed by atoms with Gasteiger partial charge in [-0.2, -0.15) is 18.4 Å². The number of hydrogen-bond donors (Lipinski definition) is 2. The zero-order valence-electron chi connectivity index (χ0n) is 15.9. The average molecular weight is 433 g/mol. The number of alkyl halides is 3. The van der Waals surface area contributed by atoms with Crippen LogP contribution in [-0.2, 0) is 4.79 Å². The van der Waals surface area contributed by atoms with Gasteiger partial charge >= 0.3 is 12.1 Å². The van der Waals surface area contributed by atoms with Gasteiger partial charge in [0.15, 0.2) is 0 Å². The first-order valence-corrected chi connectivity index (χ1v) is 9.42. The Hall–Kier alpha value is -2.27. The molecule has 1 aliphatic rings. The van der Waals surface area contributed by atoms with E-state index in [1.54, 1.807) is 6.92 Å². The van der Waals surface area contributed by atoms with E-state index in [1.165, 1.54) is 13.0 Å². The standard InChI is InChI=1S/C20H21ClF4N2O2/c1-11-14(10-26)17(13-7-6-12(22)9-15(13)21)19(2,18(28)29)16(27-11)5-3-4-8-20(23,24)25/h6-7,9,16-17,27H,3-5,8H2,1-2H3,(H,28,29). The molecule has 0 fully saturated rings. The van der Waals surface area contributed by atoms with Gasteiger partial charge in [-0.05, 0) is 44.4 Å². The average Bonchev–Trinajstić information content (AvgIpc) is 2.60. The smallest absolute Gasteiger partial charge is 0.389 e. The molecule has 0 amide bonds. The van der Waals surface area contributed by atoms with Gasteiger partial charge in [-0.25, -0.2) is 4.39 Å². The van der Waals surface area contributed by atoms with E-state index in [9.17, 15) is 32.7 Å². The second-order valence-corrected chi connectivity index (χ2v) is 7.80. The van der Waals surface area contributed by atoms with E-state index in [1.807, 2.05) is 6.07 Å². The topological polar surface area (TPSA) is 73.1 Å². The van der Waals surface area contributed by atoms with Crippen molar-refractivity contribution < 1.29 is 27.5 Å². The number of aliphatic carboxylic acids is 1. The van der Waals surface area contributed by atoms with Crippen LogP contribution >= 0.6 is 11.6 Å². The largest absolute Gasteiger partial charge is 0.481 e. The van der Waals surface area contributed by atoms with Crippen LogP contribution in [0.4, 0.5) is 17.6 Å². The summed E-state index contributed by atoms with van der Waals surface area (Å²) in [6.07, 6.45) is -5.05. The van der Waals surface area contributed by atoms with E-state index in [-0.39, 0.29) is 35.4 Å². The molecule has 158 valence electrons. The number of nitriles is 1. The molecule has 0 bridgehead atoms. The minimum Gasteiger partial charge on any atom is -0.481 e. The summed E-state index contributed by atoms with van der Waals surface area (Å²) in [6.45, 7) is 3.04. The van der Waals surface area contributed by atoms with Crippen molar-refractivity contribution in [2.75, 3.05) is 0 Å². The fraction of sp³-hybridized carbons (Fsp3) is 0.500. The Balaban J connectivity index is 2.47. The number of halogens is 5. The SMILES string of the molecule is CC1=C(C#N)C(c2ccc(F)cc2Cl)C(C)(C(=O)O)C(CCCCC(F)(F)F)N1. The lowest BCUT2D eigenvalue weighted by molar-refractivity contribution is -0.151. The van der Waals surface area contributed by atoms with Crippen LogP contribution in [0.1, 0.15) is 51.0 Å². The van der Waals surface area contributed by atoms with Crippen LogP contribution in [-0.4, -0.2) is 23.3 Å². The highest BCUT2D eigenvalue weighted by Gasteiger charge is 2.53. The minimum atomic E-state index is -4.27.